The highest BCUT2D eigenvalue weighted by molar-refractivity contribution is 5.89. The van der Waals surface area contributed by atoms with Crippen LogP contribution in [-0.4, -0.2) is 58.1 Å². The number of aryl methyl sites for hydroxylation is 1. The van der Waals surface area contributed by atoms with Crippen LogP contribution >= 0.6 is 0 Å². The number of anilines is 1. The van der Waals surface area contributed by atoms with E-state index in [0.717, 1.165) is 26.2 Å². The fourth-order valence-corrected chi connectivity index (χ4v) is 4.48. The SMILES string of the molecule is COc1c(C)cc(-c2nc(N3CC4CNCC4C3)nc3[nH]cnc23)cc1[N+](=O)[O-]. The minimum absolute atomic E-state index is 0.0897. The van der Waals surface area contributed by atoms with Crippen LogP contribution < -0.4 is 15.0 Å². The summed E-state index contributed by atoms with van der Waals surface area (Å²) < 4.78 is 5.24. The van der Waals surface area contributed by atoms with E-state index in [1.807, 2.05) is 6.07 Å². The first-order chi connectivity index (χ1) is 14.0. The molecule has 0 radical (unpaired) electrons. The van der Waals surface area contributed by atoms with E-state index in [0.29, 0.717) is 45.8 Å². The summed E-state index contributed by atoms with van der Waals surface area (Å²) in [4.78, 5) is 30.2. The van der Waals surface area contributed by atoms with Crippen LogP contribution in [0, 0.1) is 28.9 Å². The Bertz CT molecular complexity index is 1100. The number of imidazole rings is 1. The summed E-state index contributed by atoms with van der Waals surface area (Å²) in [6, 6.07) is 3.34. The molecule has 1 aromatic carbocycles. The molecule has 2 aromatic heterocycles. The maximum absolute atomic E-state index is 11.6. The first-order valence-corrected chi connectivity index (χ1v) is 9.55. The van der Waals surface area contributed by atoms with Gasteiger partial charge in [0.05, 0.1) is 18.4 Å². The van der Waals surface area contributed by atoms with Gasteiger partial charge < -0.3 is 19.9 Å². The average Bonchev–Trinajstić information content (AvgIpc) is 3.41. The third-order valence-corrected chi connectivity index (χ3v) is 5.87. The molecule has 0 spiro atoms. The minimum atomic E-state index is -0.437. The quantitative estimate of drug-likeness (QED) is 0.507. The predicted octanol–water partition coefficient (Wildman–Crippen LogP) is 1.90. The fraction of sp³-hybridized carbons (Fsp3) is 0.421. The molecule has 2 saturated heterocycles. The first kappa shape index (κ1) is 17.8. The summed E-state index contributed by atoms with van der Waals surface area (Å²) in [7, 11) is 1.43. The molecule has 0 bridgehead atoms. The van der Waals surface area contributed by atoms with E-state index in [4.69, 9.17) is 9.72 Å². The molecule has 10 heteroatoms. The van der Waals surface area contributed by atoms with Crippen molar-refractivity contribution in [2.75, 3.05) is 38.2 Å². The molecule has 2 N–H and O–H groups in total. The second-order valence-electron chi connectivity index (χ2n) is 7.66. The Hall–Kier alpha value is -3.27. The monoisotopic (exact) mass is 395 g/mol. The zero-order chi connectivity index (χ0) is 20.1. The number of aromatic amines is 1. The van der Waals surface area contributed by atoms with E-state index in [2.05, 4.69) is 25.2 Å². The lowest BCUT2D eigenvalue weighted by molar-refractivity contribution is -0.385. The lowest BCUT2D eigenvalue weighted by atomic mass is 10.0. The number of ether oxygens (including phenoxy) is 1. The van der Waals surface area contributed by atoms with Crippen molar-refractivity contribution in [3.05, 3.63) is 34.1 Å². The molecule has 0 saturated carbocycles. The molecular formula is C19H21N7O3. The Morgan fingerprint density at radius 1 is 1.24 bits per heavy atom. The number of methoxy groups -OCH3 is 1. The molecule has 2 unspecified atom stereocenters. The third kappa shape index (κ3) is 2.87. The molecule has 10 nitrogen and oxygen atoms in total. The van der Waals surface area contributed by atoms with E-state index in [1.54, 1.807) is 13.3 Å². The van der Waals surface area contributed by atoms with Crippen LogP contribution in [-0.2, 0) is 0 Å². The van der Waals surface area contributed by atoms with Gasteiger partial charge in [-0.15, -0.1) is 0 Å². The molecule has 2 atom stereocenters. The van der Waals surface area contributed by atoms with Crippen molar-refractivity contribution in [2.45, 2.75) is 6.92 Å². The van der Waals surface area contributed by atoms with Gasteiger partial charge in [-0.25, -0.2) is 9.97 Å². The number of nitro benzene ring substituents is 1. The van der Waals surface area contributed by atoms with Crippen molar-refractivity contribution in [3.8, 4) is 17.0 Å². The largest absolute Gasteiger partial charge is 0.490 e. The maximum atomic E-state index is 11.6. The van der Waals surface area contributed by atoms with Gasteiger partial charge in [-0.3, -0.25) is 10.1 Å². The molecule has 150 valence electrons. The van der Waals surface area contributed by atoms with E-state index >= 15 is 0 Å². The van der Waals surface area contributed by atoms with Crippen molar-refractivity contribution < 1.29 is 9.66 Å². The van der Waals surface area contributed by atoms with Gasteiger partial charge in [-0.1, -0.05) is 0 Å². The van der Waals surface area contributed by atoms with Gasteiger partial charge in [-0.2, -0.15) is 4.98 Å². The highest BCUT2D eigenvalue weighted by Crippen LogP contribution is 2.37. The van der Waals surface area contributed by atoms with Crippen LogP contribution in [0.2, 0.25) is 0 Å². The summed E-state index contributed by atoms with van der Waals surface area (Å²) in [6.45, 7) is 5.62. The second-order valence-corrected chi connectivity index (χ2v) is 7.66. The Labute approximate surface area is 166 Å². The third-order valence-electron chi connectivity index (χ3n) is 5.87. The molecule has 0 amide bonds. The normalized spacial score (nSPS) is 21.0. The van der Waals surface area contributed by atoms with Crippen LogP contribution in [0.5, 0.6) is 5.75 Å². The number of nitro groups is 1. The van der Waals surface area contributed by atoms with Crippen LogP contribution in [0.4, 0.5) is 11.6 Å². The van der Waals surface area contributed by atoms with Gasteiger partial charge in [0.15, 0.2) is 11.4 Å². The molecular weight excluding hydrogens is 374 g/mol. The Kier molecular flexibility index (Phi) is 4.09. The van der Waals surface area contributed by atoms with Crippen molar-refractivity contribution in [3.63, 3.8) is 0 Å². The van der Waals surface area contributed by atoms with Crippen molar-refractivity contribution in [1.29, 1.82) is 0 Å². The first-order valence-electron chi connectivity index (χ1n) is 9.55. The topological polar surface area (TPSA) is 122 Å². The molecule has 2 fully saturated rings. The molecule has 29 heavy (non-hydrogen) atoms. The summed E-state index contributed by atoms with van der Waals surface area (Å²) in [5.41, 5.74) is 2.99. The summed E-state index contributed by atoms with van der Waals surface area (Å²) in [6.07, 6.45) is 1.57. The van der Waals surface area contributed by atoms with Gasteiger partial charge in [0.2, 0.25) is 5.95 Å². The predicted molar refractivity (Wildman–Crippen MR) is 107 cm³/mol. The molecule has 2 aliphatic rings. The lowest BCUT2D eigenvalue weighted by Gasteiger charge is -2.18. The Balaban J connectivity index is 1.64. The average molecular weight is 395 g/mol. The number of aromatic nitrogens is 4. The zero-order valence-corrected chi connectivity index (χ0v) is 16.2. The van der Waals surface area contributed by atoms with E-state index in [9.17, 15) is 10.1 Å². The number of hydrogen-bond donors (Lipinski definition) is 2. The van der Waals surface area contributed by atoms with Crippen molar-refractivity contribution in [1.82, 2.24) is 25.3 Å². The fourth-order valence-electron chi connectivity index (χ4n) is 4.48. The highest BCUT2D eigenvalue weighted by Gasteiger charge is 2.37. The van der Waals surface area contributed by atoms with Crippen molar-refractivity contribution in [2.24, 2.45) is 11.8 Å². The number of rotatable bonds is 4. The van der Waals surface area contributed by atoms with E-state index < -0.39 is 4.92 Å². The number of benzene rings is 1. The van der Waals surface area contributed by atoms with Crippen LogP contribution in [0.3, 0.4) is 0 Å². The summed E-state index contributed by atoms with van der Waals surface area (Å²) in [5, 5.41) is 15.0. The van der Waals surface area contributed by atoms with Gasteiger partial charge in [0, 0.05) is 37.8 Å². The lowest BCUT2D eigenvalue weighted by Crippen LogP contribution is -2.27. The standard InChI is InChI=1S/C19H21N7O3/c1-10-3-11(4-14(26(27)28)17(10)29-2)15-16-18(22-9-21-16)24-19(23-15)25-7-12-5-20-6-13(12)8-25/h3-4,9,12-13,20H,5-8H2,1-2H3,(H,21,22,23,24). The number of nitrogens with one attached hydrogen (secondary N) is 2. The van der Waals surface area contributed by atoms with Gasteiger partial charge in [0.25, 0.3) is 0 Å². The Morgan fingerprint density at radius 3 is 2.69 bits per heavy atom. The summed E-state index contributed by atoms with van der Waals surface area (Å²) in [5.74, 6) is 2.08. The van der Waals surface area contributed by atoms with Crippen molar-refractivity contribution >= 4 is 22.8 Å². The molecule has 2 aliphatic heterocycles. The molecule has 5 rings (SSSR count). The highest BCUT2D eigenvalue weighted by atomic mass is 16.6. The number of H-pyrrole nitrogens is 1. The van der Waals surface area contributed by atoms with Crippen LogP contribution in [0.1, 0.15) is 5.56 Å². The van der Waals surface area contributed by atoms with Crippen LogP contribution in [0.15, 0.2) is 18.5 Å². The maximum Gasteiger partial charge on any atom is 0.311 e. The van der Waals surface area contributed by atoms with Gasteiger partial charge in [0.1, 0.15) is 11.2 Å². The van der Waals surface area contributed by atoms with Gasteiger partial charge in [-0.05, 0) is 30.4 Å². The van der Waals surface area contributed by atoms with E-state index in [1.165, 1.54) is 13.2 Å². The minimum Gasteiger partial charge on any atom is -0.490 e. The molecule has 0 aliphatic carbocycles. The zero-order valence-electron chi connectivity index (χ0n) is 16.2. The second kappa shape index (κ2) is 6.66. The molecule has 3 aromatic rings. The summed E-state index contributed by atoms with van der Waals surface area (Å²) >= 11 is 0. The number of hydrogen-bond acceptors (Lipinski definition) is 8. The number of nitrogens with zero attached hydrogens (tertiary/aromatic N) is 5. The smallest absolute Gasteiger partial charge is 0.311 e. The Morgan fingerprint density at radius 2 is 2.00 bits per heavy atom. The molecule has 4 heterocycles. The van der Waals surface area contributed by atoms with Crippen LogP contribution in [0.25, 0.3) is 22.4 Å². The van der Waals surface area contributed by atoms with Gasteiger partial charge >= 0.3 is 5.69 Å². The van der Waals surface area contributed by atoms with E-state index in [-0.39, 0.29) is 11.4 Å². The number of fused-ring (bicyclic) bond motifs is 2.